The molecule has 6 nitrogen and oxygen atoms in total. The minimum absolute atomic E-state index is 0.0175. The van der Waals surface area contributed by atoms with Crippen LogP contribution in [-0.2, 0) is 16.1 Å². The number of carbonyl (C=O) groups excluding carboxylic acids is 1. The molecule has 0 unspecified atom stereocenters. The van der Waals surface area contributed by atoms with Gasteiger partial charge in [0.15, 0.2) is 5.16 Å². The van der Waals surface area contributed by atoms with Gasteiger partial charge in [-0.15, -0.1) is 0 Å². The molecule has 1 aliphatic rings. The van der Waals surface area contributed by atoms with Crippen LogP contribution in [0.25, 0.3) is 10.9 Å². The first-order valence-corrected chi connectivity index (χ1v) is 11.3. The van der Waals surface area contributed by atoms with Gasteiger partial charge in [0, 0.05) is 18.7 Å². The largest absolute Gasteiger partial charge is 0.376 e. The van der Waals surface area contributed by atoms with Gasteiger partial charge < -0.3 is 9.64 Å². The number of benzene rings is 1. The monoisotopic (exact) mass is 417 g/mol. The van der Waals surface area contributed by atoms with Crippen molar-refractivity contribution in [1.29, 1.82) is 0 Å². The molecule has 0 spiro atoms. The first kappa shape index (κ1) is 21.8. The third kappa shape index (κ3) is 4.83. The molecule has 29 heavy (non-hydrogen) atoms. The van der Waals surface area contributed by atoms with Crippen LogP contribution in [0.1, 0.15) is 47.5 Å². The minimum Gasteiger partial charge on any atom is -0.376 e. The lowest BCUT2D eigenvalue weighted by Crippen LogP contribution is -2.45. The van der Waals surface area contributed by atoms with Crippen molar-refractivity contribution in [3.63, 3.8) is 0 Å². The van der Waals surface area contributed by atoms with Crippen molar-refractivity contribution in [3.8, 4) is 0 Å². The summed E-state index contributed by atoms with van der Waals surface area (Å²) in [5.41, 5.74) is 0.589. The fraction of sp³-hybridized carbons (Fsp3) is 0.591. The van der Waals surface area contributed by atoms with Crippen LogP contribution in [-0.4, -0.2) is 50.4 Å². The predicted octanol–water partition coefficient (Wildman–Crippen LogP) is 3.70. The molecule has 1 aromatic carbocycles. The Morgan fingerprint density at radius 3 is 2.55 bits per heavy atom. The molecule has 0 aliphatic carbocycles. The number of aromatic nitrogens is 2. The summed E-state index contributed by atoms with van der Waals surface area (Å²) in [5.74, 6) is 0.0612. The average Bonchev–Trinajstić information content (AvgIpc) is 3.17. The van der Waals surface area contributed by atoms with E-state index in [1.54, 1.807) is 10.6 Å². The van der Waals surface area contributed by atoms with E-state index in [0.29, 0.717) is 22.6 Å². The molecule has 0 saturated carbocycles. The number of hydrogen-bond donors (Lipinski definition) is 0. The topological polar surface area (TPSA) is 64.4 Å². The van der Waals surface area contributed by atoms with Crippen LogP contribution >= 0.6 is 11.8 Å². The predicted molar refractivity (Wildman–Crippen MR) is 117 cm³/mol. The number of carbonyl (C=O) groups is 1. The van der Waals surface area contributed by atoms with E-state index in [1.807, 2.05) is 57.7 Å². The van der Waals surface area contributed by atoms with Crippen molar-refractivity contribution in [2.75, 3.05) is 6.61 Å². The first-order valence-electron chi connectivity index (χ1n) is 10.4. The Bertz CT molecular complexity index is 911. The van der Waals surface area contributed by atoms with Crippen LogP contribution in [0, 0.1) is 0 Å². The summed E-state index contributed by atoms with van der Waals surface area (Å²) in [4.78, 5) is 32.9. The fourth-order valence-corrected chi connectivity index (χ4v) is 4.89. The van der Waals surface area contributed by atoms with Gasteiger partial charge in [-0.2, -0.15) is 0 Å². The standard InChI is InChI=1S/C22H31N3O3S/c1-14(2)25(15(3)4)20(26)16(5)29-22-23-19-11-7-6-10-18(19)21(27)24(22)13-17-9-8-12-28-17/h6-7,10-11,14-17H,8-9,12-13H2,1-5H3/t16-,17-/m1/s1. The van der Waals surface area contributed by atoms with Crippen molar-refractivity contribution >= 4 is 28.6 Å². The van der Waals surface area contributed by atoms with Crippen molar-refractivity contribution in [2.45, 2.75) is 82.6 Å². The Morgan fingerprint density at radius 1 is 1.24 bits per heavy atom. The van der Waals surface area contributed by atoms with Crippen LogP contribution in [0.5, 0.6) is 0 Å². The van der Waals surface area contributed by atoms with Crippen molar-refractivity contribution < 1.29 is 9.53 Å². The Balaban J connectivity index is 1.96. The van der Waals surface area contributed by atoms with Gasteiger partial charge in [-0.05, 0) is 59.6 Å². The summed E-state index contributed by atoms with van der Waals surface area (Å²) in [7, 11) is 0. The van der Waals surface area contributed by atoms with Crippen LogP contribution in [0.2, 0.25) is 0 Å². The van der Waals surface area contributed by atoms with E-state index in [4.69, 9.17) is 9.72 Å². The summed E-state index contributed by atoms with van der Waals surface area (Å²) in [6, 6.07) is 7.61. The van der Waals surface area contributed by atoms with Gasteiger partial charge in [0.05, 0.1) is 28.8 Å². The van der Waals surface area contributed by atoms with Gasteiger partial charge in [-0.3, -0.25) is 14.2 Å². The molecule has 2 aromatic rings. The lowest BCUT2D eigenvalue weighted by molar-refractivity contribution is -0.133. The number of thioether (sulfide) groups is 1. The van der Waals surface area contributed by atoms with Crippen molar-refractivity contribution in [2.24, 2.45) is 0 Å². The molecule has 0 radical (unpaired) electrons. The highest BCUT2D eigenvalue weighted by Gasteiger charge is 2.28. The number of rotatable bonds is 7. The molecule has 2 heterocycles. The molecule has 7 heteroatoms. The Kier molecular flexibility index (Phi) is 7.01. The maximum atomic E-state index is 13.2. The van der Waals surface area contributed by atoms with Crippen LogP contribution in [0.15, 0.2) is 34.2 Å². The summed E-state index contributed by atoms with van der Waals surface area (Å²) in [6.07, 6.45) is 1.96. The number of para-hydroxylation sites is 1. The Labute approximate surface area is 176 Å². The zero-order chi connectivity index (χ0) is 21.1. The van der Waals surface area contributed by atoms with Crippen molar-refractivity contribution in [1.82, 2.24) is 14.5 Å². The molecule has 1 amide bonds. The molecule has 3 rings (SSSR count). The molecular formula is C22H31N3O3S. The highest BCUT2D eigenvalue weighted by atomic mass is 32.2. The zero-order valence-corrected chi connectivity index (χ0v) is 18.7. The summed E-state index contributed by atoms with van der Waals surface area (Å²) < 4.78 is 7.46. The quantitative estimate of drug-likeness (QED) is 0.508. The first-order chi connectivity index (χ1) is 13.8. The molecule has 2 atom stereocenters. The Morgan fingerprint density at radius 2 is 1.93 bits per heavy atom. The molecule has 1 saturated heterocycles. The number of amides is 1. The SMILES string of the molecule is CC(C)N(C(=O)[C@@H](C)Sc1nc2ccccc2c(=O)n1C[C@H]1CCCO1)C(C)C. The van der Waals surface area contributed by atoms with Gasteiger partial charge in [-0.25, -0.2) is 4.98 Å². The molecule has 1 aliphatic heterocycles. The minimum atomic E-state index is -0.344. The summed E-state index contributed by atoms with van der Waals surface area (Å²) in [5, 5.41) is 0.834. The molecule has 0 bridgehead atoms. The van der Waals surface area contributed by atoms with Crippen LogP contribution in [0.4, 0.5) is 0 Å². The van der Waals surface area contributed by atoms with Gasteiger partial charge in [0.25, 0.3) is 5.56 Å². The summed E-state index contributed by atoms with van der Waals surface area (Å²) >= 11 is 1.36. The van der Waals surface area contributed by atoms with E-state index in [-0.39, 0.29) is 34.9 Å². The van der Waals surface area contributed by atoms with E-state index in [0.717, 1.165) is 19.4 Å². The van der Waals surface area contributed by atoms with Crippen LogP contribution in [0.3, 0.4) is 0 Å². The summed E-state index contributed by atoms with van der Waals surface area (Å²) in [6.45, 7) is 11.2. The smallest absolute Gasteiger partial charge is 0.262 e. The van der Waals surface area contributed by atoms with E-state index < -0.39 is 0 Å². The van der Waals surface area contributed by atoms with Crippen molar-refractivity contribution in [3.05, 3.63) is 34.6 Å². The van der Waals surface area contributed by atoms with Crippen LogP contribution < -0.4 is 5.56 Å². The van der Waals surface area contributed by atoms with Gasteiger partial charge >= 0.3 is 0 Å². The average molecular weight is 418 g/mol. The lowest BCUT2D eigenvalue weighted by atomic mass is 10.2. The second kappa shape index (κ2) is 9.30. The molecule has 1 aromatic heterocycles. The lowest BCUT2D eigenvalue weighted by Gasteiger charge is -2.33. The Hall–Kier alpha value is -1.86. The third-order valence-electron chi connectivity index (χ3n) is 5.23. The molecule has 158 valence electrons. The maximum absolute atomic E-state index is 13.2. The maximum Gasteiger partial charge on any atom is 0.262 e. The third-order valence-corrected chi connectivity index (χ3v) is 6.31. The highest BCUT2D eigenvalue weighted by molar-refractivity contribution is 8.00. The number of nitrogens with zero attached hydrogens (tertiary/aromatic N) is 3. The highest BCUT2D eigenvalue weighted by Crippen LogP contribution is 2.26. The number of fused-ring (bicyclic) bond motifs is 1. The fourth-order valence-electron chi connectivity index (χ4n) is 3.91. The van der Waals surface area contributed by atoms with Gasteiger partial charge in [0.2, 0.25) is 5.91 Å². The molecule has 1 fully saturated rings. The van der Waals surface area contributed by atoms with Gasteiger partial charge in [0.1, 0.15) is 0 Å². The van der Waals surface area contributed by atoms with E-state index >= 15 is 0 Å². The second-order valence-corrected chi connectivity index (χ2v) is 9.46. The van der Waals surface area contributed by atoms with E-state index in [2.05, 4.69) is 0 Å². The molecule has 0 N–H and O–H groups in total. The molecular weight excluding hydrogens is 386 g/mol. The van der Waals surface area contributed by atoms with E-state index in [9.17, 15) is 9.59 Å². The number of hydrogen-bond acceptors (Lipinski definition) is 5. The normalized spacial score (nSPS) is 18.0. The van der Waals surface area contributed by atoms with Gasteiger partial charge in [-0.1, -0.05) is 23.9 Å². The second-order valence-electron chi connectivity index (χ2n) is 8.16. The van der Waals surface area contributed by atoms with E-state index in [1.165, 1.54) is 11.8 Å². The number of ether oxygens (including phenoxy) is 1. The zero-order valence-electron chi connectivity index (χ0n) is 17.9.